The number of carbonyl (C=O) groups is 1. The molecule has 1 aliphatic carbocycles. The van der Waals surface area contributed by atoms with Gasteiger partial charge in [0.15, 0.2) is 0 Å². The van der Waals surface area contributed by atoms with Crippen LogP contribution in [0.5, 0.6) is 0 Å². The van der Waals surface area contributed by atoms with Crippen LogP contribution in [0.4, 0.5) is 0 Å². The van der Waals surface area contributed by atoms with E-state index in [1.165, 1.54) is 25.7 Å². The van der Waals surface area contributed by atoms with Crippen molar-refractivity contribution in [3.63, 3.8) is 0 Å². The summed E-state index contributed by atoms with van der Waals surface area (Å²) in [4.78, 5) is 12.0. The van der Waals surface area contributed by atoms with Gasteiger partial charge in [0.25, 0.3) is 0 Å². The van der Waals surface area contributed by atoms with Gasteiger partial charge in [-0.2, -0.15) is 0 Å². The van der Waals surface area contributed by atoms with Gasteiger partial charge in [0.2, 0.25) is 5.91 Å². The summed E-state index contributed by atoms with van der Waals surface area (Å²) in [7, 11) is 0. The molecule has 1 saturated carbocycles. The zero-order valence-electron chi connectivity index (χ0n) is 13.7. The van der Waals surface area contributed by atoms with Crippen LogP contribution in [0.25, 0.3) is 0 Å². The van der Waals surface area contributed by atoms with Crippen LogP contribution in [-0.4, -0.2) is 18.5 Å². The Bertz CT molecular complexity index is 273. The van der Waals surface area contributed by atoms with Crippen LogP contribution in [-0.2, 0) is 4.79 Å². The van der Waals surface area contributed by atoms with Gasteiger partial charge in [-0.15, -0.1) is 0 Å². The van der Waals surface area contributed by atoms with Gasteiger partial charge in [0, 0.05) is 12.5 Å². The number of carbonyl (C=O) groups excluding carboxylic acids is 1. The van der Waals surface area contributed by atoms with Crippen LogP contribution in [0, 0.1) is 11.3 Å². The fourth-order valence-corrected chi connectivity index (χ4v) is 3.26. The Hall–Kier alpha value is -0.570. The average Bonchev–Trinajstić information content (AvgIpc) is 2.39. The molecule has 1 unspecified atom stereocenters. The van der Waals surface area contributed by atoms with Gasteiger partial charge in [-0.1, -0.05) is 33.6 Å². The maximum Gasteiger partial charge on any atom is 0.220 e. The average molecular weight is 282 g/mol. The summed E-state index contributed by atoms with van der Waals surface area (Å²) in [5.41, 5.74) is 6.11. The van der Waals surface area contributed by atoms with Gasteiger partial charge >= 0.3 is 0 Å². The van der Waals surface area contributed by atoms with E-state index in [4.69, 9.17) is 5.73 Å². The SMILES string of the molecule is CCCC(CCN)CCC(=O)NC1CCC(C)(C)CC1. The first kappa shape index (κ1) is 17.5. The number of rotatable bonds is 8. The molecular weight excluding hydrogens is 248 g/mol. The Morgan fingerprint density at radius 3 is 2.45 bits per heavy atom. The Kier molecular flexibility index (Phi) is 7.57. The minimum Gasteiger partial charge on any atom is -0.353 e. The van der Waals surface area contributed by atoms with Crippen molar-refractivity contribution in [1.82, 2.24) is 5.32 Å². The third-order valence-electron chi connectivity index (χ3n) is 4.76. The number of nitrogens with two attached hydrogens (primary N) is 1. The lowest BCUT2D eigenvalue weighted by atomic mass is 9.75. The summed E-state index contributed by atoms with van der Waals surface area (Å²) in [6, 6.07) is 0.412. The first-order chi connectivity index (χ1) is 9.46. The maximum atomic E-state index is 12.0. The van der Waals surface area contributed by atoms with Crippen molar-refractivity contribution in [1.29, 1.82) is 0 Å². The molecule has 1 rings (SSSR count). The smallest absolute Gasteiger partial charge is 0.220 e. The van der Waals surface area contributed by atoms with Gasteiger partial charge < -0.3 is 11.1 Å². The third kappa shape index (κ3) is 6.74. The van der Waals surface area contributed by atoms with Crippen LogP contribution in [0.2, 0.25) is 0 Å². The lowest BCUT2D eigenvalue weighted by Crippen LogP contribution is -2.39. The predicted octanol–water partition coefficient (Wildman–Crippen LogP) is 3.62. The summed E-state index contributed by atoms with van der Waals surface area (Å²) in [5, 5.41) is 3.23. The van der Waals surface area contributed by atoms with Gasteiger partial charge in [-0.3, -0.25) is 4.79 Å². The molecule has 0 spiro atoms. The van der Waals surface area contributed by atoms with Gasteiger partial charge in [-0.25, -0.2) is 0 Å². The Morgan fingerprint density at radius 2 is 1.90 bits per heavy atom. The van der Waals surface area contributed by atoms with E-state index in [0.29, 0.717) is 23.8 Å². The van der Waals surface area contributed by atoms with E-state index in [2.05, 4.69) is 26.1 Å². The van der Waals surface area contributed by atoms with Crippen LogP contribution < -0.4 is 11.1 Å². The van der Waals surface area contributed by atoms with Gasteiger partial charge in [-0.05, 0) is 56.4 Å². The molecule has 0 aliphatic heterocycles. The van der Waals surface area contributed by atoms with Crippen molar-refractivity contribution in [2.75, 3.05) is 6.54 Å². The molecule has 1 amide bonds. The van der Waals surface area contributed by atoms with E-state index < -0.39 is 0 Å². The molecule has 0 saturated heterocycles. The topological polar surface area (TPSA) is 55.1 Å². The Balaban J connectivity index is 2.22. The second-order valence-corrected chi connectivity index (χ2v) is 7.28. The Labute approximate surface area is 125 Å². The molecular formula is C17H34N2O. The highest BCUT2D eigenvalue weighted by atomic mass is 16.1. The minimum absolute atomic E-state index is 0.243. The molecule has 0 aromatic carbocycles. The minimum atomic E-state index is 0.243. The van der Waals surface area contributed by atoms with E-state index in [9.17, 15) is 4.79 Å². The summed E-state index contributed by atoms with van der Waals surface area (Å²) < 4.78 is 0. The molecule has 3 nitrogen and oxygen atoms in total. The number of hydrogen-bond acceptors (Lipinski definition) is 2. The zero-order valence-corrected chi connectivity index (χ0v) is 13.7. The van der Waals surface area contributed by atoms with E-state index in [1.54, 1.807) is 0 Å². The number of amides is 1. The quantitative estimate of drug-likeness (QED) is 0.714. The molecule has 118 valence electrons. The molecule has 20 heavy (non-hydrogen) atoms. The summed E-state index contributed by atoms with van der Waals surface area (Å²) >= 11 is 0. The molecule has 0 heterocycles. The van der Waals surface area contributed by atoms with E-state index in [1.807, 2.05) is 0 Å². The molecule has 0 aromatic rings. The van der Waals surface area contributed by atoms with E-state index >= 15 is 0 Å². The standard InChI is InChI=1S/C17H34N2O/c1-4-5-14(10-13-18)6-7-16(20)19-15-8-11-17(2,3)12-9-15/h14-15H,4-13,18H2,1-3H3,(H,19,20). The van der Waals surface area contributed by atoms with Crippen molar-refractivity contribution >= 4 is 5.91 Å². The molecule has 1 fully saturated rings. The van der Waals surface area contributed by atoms with Crippen molar-refractivity contribution in [2.45, 2.75) is 84.6 Å². The summed E-state index contributed by atoms with van der Waals surface area (Å²) in [6.07, 6.45) is 9.83. The highest BCUT2D eigenvalue weighted by Crippen LogP contribution is 2.35. The molecule has 0 bridgehead atoms. The van der Waals surface area contributed by atoms with Crippen LogP contribution in [0.15, 0.2) is 0 Å². The summed E-state index contributed by atoms with van der Waals surface area (Å²) in [6.45, 7) is 7.60. The number of hydrogen-bond donors (Lipinski definition) is 2. The largest absolute Gasteiger partial charge is 0.353 e. The fraction of sp³-hybridized carbons (Fsp3) is 0.941. The predicted molar refractivity (Wildman–Crippen MR) is 85.5 cm³/mol. The van der Waals surface area contributed by atoms with E-state index in [-0.39, 0.29) is 5.91 Å². The van der Waals surface area contributed by atoms with Gasteiger partial charge in [0.1, 0.15) is 0 Å². The lowest BCUT2D eigenvalue weighted by molar-refractivity contribution is -0.122. The van der Waals surface area contributed by atoms with Crippen molar-refractivity contribution in [3.8, 4) is 0 Å². The highest BCUT2D eigenvalue weighted by molar-refractivity contribution is 5.76. The molecule has 1 aliphatic rings. The highest BCUT2D eigenvalue weighted by Gasteiger charge is 2.27. The van der Waals surface area contributed by atoms with Crippen molar-refractivity contribution < 1.29 is 4.79 Å². The zero-order chi connectivity index (χ0) is 15.0. The van der Waals surface area contributed by atoms with E-state index in [0.717, 1.165) is 32.2 Å². The third-order valence-corrected chi connectivity index (χ3v) is 4.76. The fourth-order valence-electron chi connectivity index (χ4n) is 3.26. The second-order valence-electron chi connectivity index (χ2n) is 7.28. The maximum absolute atomic E-state index is 12.0. The monoisotopic (exact) mass is 282 g/mol. The van der Waals surface area contributed by atoms with Crippen LogP contribution in [0.3, 0.4) is 0 Å². The molecule has 3 N–H and O–H groups in total. The van der Waals surface area contributed by atoms with Crippen molar-refractivity contribution in [2.24, 2.45) is 17.1 Å². The van der Waals surface area contributed by atoms with Crippen LogP contribution >= 0.6 is 0 Å². The number of nitrogens with one attached hydrogen (secondary N) is 1. The first-order valence-electron chi connectivity index (χ1n) is 8.46. The Morgan fingerprint density at radius 1 is 1.25 bits per heavy atom. The molecule has 1 atom stereocenters. The van der Waals surface area contributed by atoms with Gasteiger partial charge in [0.05, 0.1) is 0 Å². The molecule has 0 aromatic heterocycles. The molecule has 3 heteroatoms. The van der Waals surface area contributed by atoms with Crippen LogP contribution in [0.1, 0.15) is 78.6 Å². The summed E-state index contributed by atoms with van der Waals surface area (Å²) in [5.74, 6) is 0.869. The lowest BCUT2D eigenvalue weighted by Gasteiger charge is -2.34. The second kappa shape index (κ2) is 8.66. The normalized spacial score (nSPS) is 20.6. The van der Waals surface area contributed by atoms with Crippen molar-refractivity contribution in [3.05, 3.63) is 0 Å². The first-order valence-corrected chi connectivity index (χ1v) is 8.46. The molecule has 0 radical (unpaired) electrons.